The summed E-state index contributed by atoms with van der Waals surface area (Å²) in [5.41, 5.74) is -1.39. The highest BCUT2D eigenvalue weighted by Crippen LogP contribution is 2.32. The lowest BCUT2D eigenvalue weighted by Crippen LogP contribution is -2.60. The number of hydrogen-bond donors (Lipinski definition) is 3. The zero-order chi connectivity index (χ0) is 18.8. The summed E-state index contributed by atoms with van der Waals surface area (Å²) in [7, 11) is -4.14. The van der Waals surface area contributed by atoms with E-state index in [1.54, 1.807) is 0 Å². The molecule has 1 amide bonds. The first kappa shape index (κ1) is 19.3. The van der Waals surface area contributed by atoms with E-state index in [2.05, 4.69) is 15.2 Å². The minimum absolute atomic E-state index is 0.0747. The van der Waals surface area contributed by atoms with Crippen molar-refractivity contribution in [3.63, 3.8) is 0 Å². The molecule has 1 heterocycles. The van der Waals surface area contributed by atoms with Crippen LogP contribution >= 0.6 is 0 Å². The second-order valence-corrected chi connectivity index (χ2v) is 7.69. The molecule has 1 atom stereocenters. The van der Waals surface area contributed by atoms with Crippen LogP contribution in [0.1, 0.15) is 37.1 Å². The summed E-state index contributed by atoms with van der Waals surface area (Å²) in [6.45, 7) is 1.59. The largest absolute Gasteiger partial charge is 0.480 e. The van der Waals surface area contributed by atoms with Crippen LogP contribution in [0.3, 0.4) is 0 Å². The normalized spacial score (nSPS) is 18.0. The first-order valence-electron chi connectivity index (χ1n) is 7.69. The summed E-state index contributed by atoms with van der Waals surface area (Å²) in [4.78, 5) is 23.3. The number of rotatable bonds is 7. The second kappa shape index (κ2) is 7.08. The van der Waals surface area contributed by atoms with Gasteiger partial charge in [0.2, 0.25) is 15.9 Å². The van der Waals surface area contributed by atoms with Crippen molar-refractivity contribution in [3.8, 4) is 0 Å². The highest BCUT2D eigenvalue weighted by atomic mass is 32.2. The van der Waals surface area contributed by atoms with E-state index in [9.17, 15) is 22.4 Å². The van der Waals surface area contributed by atoms with Crippen molar-refractivity contribution >= 4 is 21.9 Å². The van der Waals surface area contributed by atoms with Gasteiger partial charge >= 0.3 is 5.97 Å². The molecule has 1 unspecified atom stereocenters. The molecule has 2 rings (SSSR count). The fourth-order valence-corrected chi connectivity index (χ4v) is 4.74. The highest BCUT2D eigenvalue weighted by Gasteiger charge is 2.46. The van der Waals surface area contributed by atoms with Crippen molar-refractivity contribution in [1.29, 1.82) is 0 Å². The Hall–Kier alpha value is -2.01. The van der Waals surface area contributed by atoms with Gasteiger partial charge in [-0.3, -0.25) is 4.79 Å². The van der Waals surface area contributed by atoms with Gasteiger partial charge in [0.1, 0.15) is 22.8 Å². The predicted molar refractivity (Wildman–Crippen MR) is 83.0 cm³/mol. The molecule has 1 fully saturated rings. The first-order valence-corrected chi connectivity index (χ1v) is 9.18. The standard InChI is InChI=1S/C14H20FN3O6S/c1-8-11(9(2)24-17-8)25(22,23)18-14(5-3-4-6-14)13(21)16-10(7-15)12(19)20/h10,18H,3-7H2,1-2H3,(H,16,21)(H,19,20). The molecule has 25 heavy (non-hydrogen) atoms. The molecule has 1 saturated carbocycles. The molecule has 0 radical (unpaired) electrons. The van der Waals surface area contributed by atoms with E-state index >= 15 is 0 Å². The molecular weight excluding hydrogens is 357 g/mol. The maximum atomic E-state index is 12.8. The van der Waals surface area contributed by atoms with Crippen LogP contribution in [0, 0.1) is 13.8 Å². The van der Waals surface area contributed by atoms with Crippen LogP contribution in [0.5, 0.6) is 0 Å². The average molecular weight is 377 g/mol. The number of aliphatic carboxylic acids is 1. The Labute approximate surface area is 144 Å². The molecule has 1 aliphatic rings. The van der Waals surface area contributed by atoms with Crippen LogP contribution in [-0.4, -0.2) is 48.8 Å². The van der Waals surface area contributed by atoms with E-state index in [1.807, 2.05) is 0 Å². The summed E-state index contributed by atoms with van der Waals surface area (Å²) in [6.07, 6.45) is 1.51. The minimum Gasteiger partial charge on any atom is -0.480 e. The van der Waals surface area contributed by atoms with Crippen LogP contribution < -0.4 is 10.0 Å². The van der Waals surface area contributed by atoms with Crippen molar-refractivity contribution in [2.75, 3.05) is 6.67 Å². The summed E-state index contributed by atoms with van der Waals surface area (Å²) in [5, 5.41) is 14.5. The number of alkyl halides is 1. The Morgan fingerprint density at radius 2 is 1.96 bits per heavy atom. The molecule has 0 saturated heterocycles. The lowest BCUT2D eigenvalue weighted by atomic mass is 9.97. The van der Waals surface area contributed by atoms with Gasteiger partial charge in [0.15, 0.2) is 11.8 Å². The van der Waals surface area contributed by atoms with Crippen molar-refractivity contribution in [3.05, 3.63) is 11.5 Å². The number of carbonyl (C=O) groups is 2. The molecule has 9 nitrogen and oxygen atoms in total. The van der Waals surface area contributed by atoms with Gasteiger partial charge < -0.3 is 14.9 Å². The van der Waals surface area contributed by atoms with E-state index in [-0.39, 0.29) is 29.2 Å². The Bertz CT molecular complexity index is 750. The van der Waals surface area contributed by atoms with Crippen molar-refractivity contribution < 1.29 is 32.0 Å². The van der Waals surface area contributed by atoms with E-state index < -0.39 is 40.2 Å². The van der Waals surface area contributed by atoms with Gasteiger partial charge in [0.25, 0.3) is 0 Å². The highest BCUT2D eigenvalue weighted by molar-refractivity contribution is 7.89. The number of aryl methyl sites for hydroxylation is 2. The van der Waals surface area contributed by atoms with Crippen molar-refractivity contribution in [1.82, 2.24) is 15.2 Å². The fraction of sp³-hybridized carbons (Fsp3) is 0.643. The van der Waals surface area contributed by atoms with Crippen molar-refractivity contribution in [2.45, 2.75) is 56.0 Å². The van der Waals surface area contributed by atoms with Crippen LogP contribution in [0.2, 0.25) is 0 Å². The molecule has 1 aromatic rings. The third-order valence-corrected chi connectivity index (χ3v) is 6.00. The van der Waals surface area contributed by atoms with E-state index in [1.165, 1.54) is 13.8 Å². The van der Waals surface area contributed by atoms with Gasteiger partial charge in [-0.05, 0) is 26.7 Å². The lowest BCUT2D eigenvalue weighted by Gasteiger charge is -2.29. The second-order valence-electron chi connectivity index (χ2n) is 6.07. The summed E-state index contributed by atoms with van der Waals surface area (Å²) in [6, 6.07) is -1.73. The maximum absolute atomic E-state index is 12.8. The number of nitrogens with zero attached hydrogens (tertiary/aromatic N) is 1. The van der Waals surface area contributed by atoms with Gasteiger partial charge in [-0.1, -0.05) is 18.0 Å². The van der Waals surface area contributed by atoms with E-state index in [0.717, 1.165) is 0 Å². The van der Waals surface area contributed by atoms with Crippen LogP contribution in [0.25, 0.3) is 0 Å². The molecule has 0 aromatic carbocycles. The molecule has 3 N–H and O–H groups in total. The quantitative estimate of drug-likeness (QED) is 0.626. The number of hydrogen-bond acceptors (Lipinski definition) is 6. The zero-order valence-corrected chi connectivity index (χ0v) is 14.7. The van der Waals surface area contributed by atoms with Gasteiger partial charge in [0, 0.05) is 0 Å². The minimum atomic E-state index is -4.14. The average Bonchev–Trinajstić information content (AvgIpc) is 3.11. The van der Waals surface area contributed by atoms with Gasteiger partial charge in [-0.15, -0.1) is 0 Å². The number of nitrogens with one attached hydrogen (secondary N) is 2. The topological polar surface area (TPSA) is 139 Å². The van der Waals surface area contributed by atoms with Crippen LogP contribution in [0.4, 0.5) is 4.39 Å². The predicted octanol–water partition coefficient (Wildman–Crippen LogP) is 0.421. The summed E-state index contributed by atoms with van der Waals surface area (Å²) < 4.78 is 45.4. The molecule has 0 aliphatic heterocycles. The first-order chi connectivity index (χ1) is 11.6. The molecule has 11 heteroatoms. The number of amides is 1. The fourth-order valence-electron chi connectivity index (χ4n) is 2.98. The summed E-state index contributed by atoms with van der Waals surface area (Å²) in [5.74, 6) is -2.31. The number of carboxylic acids is 1. The number of aromatic nitrogens is 1. The molecular formula is C14H20FN3O6S. The number of carbonyl (C=O) groups excluding carboxylic acids is 1. The smallest absolute Gasteiger partial charge is 0.328 e. The molecule has 1 aliphatic carbocycles. The Morgan fingerprint density at radius 1 is 1.36 bits per heavy atom. The number of sulfonamides is 1. The number of carboxylic acid groups (broad SMARTS) is 1. The van der Waals surface area contributed by atoms with Gasteiger partial charge in [-0.2, -0.15) is 4.72 Å². The Morgan fingerprint density at radius 3 is 2.40 bits per heavy atom. The third-order valence-electron chi connectivity index (χ3n) is 4.22. The van der Waals surface area contributed by atoms with E-state index in [0.29, 0.717) is 12.8 Å². The molecule has 0 spiro atoms. The maximum Gasteiger partial charge on any atom is 0.328 e. The third kappa shape index (κ3) is 3.82. The van der Waals surface area contributed by atoms with Crippen LogP contribution in [-0.2, 0) is 19.6 Å². The number of halogens is 1. The molecule has 1 aromatic heterocycles. The molecule has 140 valence electrons. The van der Waals surface area contributed by atoms with Crippen LogP contribution in [0.15, 0.2) is 9.42 Å². The monoisotopic (exact) mass is 377 g/mol. The van der Waals surface area contributed by atoms with Crippen molar-refractivity contribution in [2.24, 2.45) is 0 Å². The lowest BCUT2D eigenvalue weighted by molar-refractivity contribution is -0.143. The Kier molecular flexibility index (Phi) is 5.47. The van der Waals surface area contributed by atoms with Gasteiger partial charge in [0.05, 0.1) is 0 Å². The van der Waals surface area contributed by atoms with E-state index in [4.69, 9.17) is 9.63 Å². The Balaban J connectivity index is 2.31. The van der Waals surface area contributed by atoms with Gasteiger partial charge in [-0.25, -0.2) is 17.6 Å². The SMILES string of the molecule is Cc1noc(C)c1S(=O)(=O)NC1(C(=O)NC(CF)C(=O)O)CCCC1. The zero-order valence-electron chi connectivity index (χ0n) is 13.8. The molecule has 0 bridgehead atoms. The summed E-state index contributed by atoms with van der Waals surface area (Å²) >= 11 is 0.